The maximum Gasteiger partial charge on any atom is 0.316 e. The minimum atomic E-state index is -0.759. The molecular formula is C18H17N3O4. The van der Waals surface area contributed by atoms with Crippen LogP contribution in [0.15, 0.2) is 42.5 Å². The van der Waals surface area contributed by atoms with Crippen LogP contribution < -0.4 is 4.74 Å². The second-order valence-electron chi connectivity index (χ2n) is 6.68. The molecule has 0 spiro atoms. The fourth-order valence-corrected chi connectivity index (χ4v) is 2.24. The number of carbonyl (C=O) groups is 1. The SMILES string of the molecule is CC(C)(C)C(=O)Oc1ccc(-c2nc3ccccc3[nH]2)cc1[N+](=O)[O-]. The van der Waals surface area contributed by atoms with Crippen LogP contribution in [-0.2, 0) is 4.79 Å². The van der Waals surface area contributed by atoms with Gasteiger partial charge in [0.15, 0.2) is 0 Å². The molecular weight excluding hydrogens is 322 g/mol. The molecule has 0 atom stereocenters. The number of nitrogens with one attached hydrogen (secondary N) is 1. The minimum Gasteiger partial charge on any atom is -0.419 e. The Morgan fingerprint density at radius 2 is 1.92 bits per heavy atom. The van der Waals surface area contributed by atoms with Crippen LogP contribution in [-0.4, -0.2) is 20.9 Å². The largest absolute Gasteiger partial charge is 0.419 e. The van der Waals surface area contributed by atoms with Gasteiger partial charge in [0.1, 0.15) is 5.82 Å². The second kappa shape index (κ2) is 6.01. The number of carbonyl (C=O) groups excluding carboxylic acids is 1. The van der Waals surface area contributed by atoms with E-state index < -0.39 is 16.3 Å². The van der Waals surface area contributed by atoms with Crippen LogP contribution in [0.1, 0.15) is 20.8 Å². The summed E-state index contributed by atoms with van der Waals surface area (Å²) in [5.41, 5.74) is 1.10. The Morgan fingerprint density at radius 3 is 2.56 bits per heavy atom. The average Bonchev–Trinajstić information content (AvgIpc) is 2.98. The van der Waals surface area contributed by atoms with Crippen LogP contribution >= 0.6 is 0 Å². The molecule has 0 amide bonds. The van der Waals surface area contributed by atoms with Gasteiger partial charge < -0.3 is 9.72 Å². The first-order chi connectivity index (χ1) is 11.8. The smallest absolute Gasteiger partial charge is 0.316 e. The Morgan fingerprint density at radius 1 is 1.20 bits per heavy atom. The molecule has 0 bridgehead atoms. The van der Waals surface area contributed by atoms with E-state index in [1.165, 1.54) is 12.1 Å². The number of nitrogens with zero attached hydrogens (tertiary/aromatic N) is 2. The van der Waals surface area contributed by atoms with E-state index in [1.54, 1.807) is 26.8 Å². The van der Waals surface area contributed by atoms with E-state index in [4.69, 9.17) is 4.74 Å². The first-order valence-electron chi connectivity index (χ1n) is 7.71. The summed E-state index contributed by atoms with van der Waals surface area (Å²) < 4.78 is 5.21. The maximum atomic E-state index is 12.0. The van der Waals surface area contributed by atoms with Gasteiger partial charge in [-0.1, -0.05) is 12.1 Å². The number of ether oxygens (including phenoxy) is 1. The summed E-state index contributed by atoms with van der Waals surface area (Å²) >= 11 is 0. The first-order valence-corrected chi connectivity index (χ1v) is 7.71. The zero-order valence-corrected chi connectivity index (χ0v) is 14.1. The van der Waals surface area contributed by atoms with Crippen LogP contribution in [0.2, 0.25) is 0 Å². The van der Waals surface area contributed by atoms with Crippen LogP contribution in [0.4, 0.5) is 5.69 Å². The van der Waals surface area contributed by atoms with Crippen molar-refractivity contribution < 1.29 is 14.5 Å². The quantitative estimate of drug-likeness (QED) is 0.335. The van der Waals surface area contributed by atoms with Crippen molar-refractivity contribution in [2.75, 3.05) is 0 Å². The predicted octanol–water partition coefficient (Wildman–Crippen LogP) is 4.09. The van der Waals surface area contributed by atoms with E-state index in [-0.39, 0.29) is 11.4 Å². The first kappa shape index (κ1) is 16.6. The fourth-order valence-electron chi connectivity index (χ4n) is 2.24. The van der Waals surface area contributed by atoms with Gasteiger partial charge in [-0.3, -0.25) is 14.9 Å². The fraction of sp³-hybridized carbons (Fsp3) is 0.222. The highest BCUT2D eigenvalue weighted by Crippen LogP contribution is 2.33. The number of aromatic amines is 1. The number of H-pyrrole nitrogens is 1. The molecule has 1 heterocycles. The molecule has 7 heteroatoms. The van der Waals surface area contributed by atoms with Gasteiger partial charge >= 0.3 is 11.7 Å². The molecule has 0 aliphatic carbocycles. The summed E-state index contributed by atoms with van der Waals surface area (Å²) in [6.07, 6.45) is 0. The zero-order chi connectivity index (χ0) is 18.2. The van der Waals surface area contributed by atoms with Gasteiger partial charge in [-0.25, -0.2) is 4.98 Å². The van der Waals surface area contributed by atoms with Crippen molar-refractivity contribution >= 4 is 22.7 Å². The lowest BCUT2D eigenvalue weighted by molar-refractivity contribution is -0.385. The van der Waals surface area contributed by atoms with Gasteiger partial charge in [0, 0.05) is 11.6 Å². The number of aromatic nitrogens is 2. The molecule has 1 N–H and O–H groups in total. The van der Waals surface area contributed by atoms with E-state index in [0.29, 0.717) is 11.4 Å². The number of fused-ring (bicyclic) bond motifs is 1. The van der Waals surface area contributed by atoms with E-state index in [0.717, 1.165) is 11.0 Å². The molecule has 3 rings (SSSR count). The molecule has 0 aliphatic rings. The third kappa shape index (κ3) is 3.35. The molecule has 2 aromatic carbocycles. The molecule has 25 heavy (non-hydrogen) atoms. The molecule has 0 aliphatic heterocycles. The Hall–Kier alpha value is -3.22. The highest BCUT2D eigenvalue weighted by atomic mass is 16.6. The van der Waals surface area contributed by atoms with Crippen LogP contribution in [0.25, 0.3) is 22.4 Å². The molecule has 7 nitrogen and oxygen atoms in total. The molecule has 3 aromatic rings. The summed E-state index contributed by atoms with van der Waals surface area (Å²) in [5.74, 6) is -0.102. The van der Waals surface area contributed by atoms with Crippen molar-refractivity contribution in [2.24, 2.45) is 5.41 Å². The Labute approximate surface area is 143 Å². The number of esters is 1. The van der Waals surface area contributed by atoms with Gasteiger partial charge in [0.05, 0.1) is 21.4 Å². The van der Waals surface area contributed by atoms with Crippen LogP contribution in [0, 0.1) is 15.5 Å². The topological polar surface area (TPSA) is 98.1 Å². The number of nitro groups is 1. The third-order valence-electron chi connectivity index (χ3n) is 3.63. The van der Waals surface area contributed by atoms with Crippen molar-refractivity contribution in [3.63, 3.8) is 0 Å². The number of para-hydroxylation sites is 2. The molecule has 0 unspecified atom stereocenters. The number of rotatable bonds is 3. The Balaban J connectivity index is 2.01. The van der Waals surface area contributed by atoms with E-state index in [2.05, 4.69) is 9.97 Å². The number of benzene rings is 2. The Bertz CT molecular complexity index is 937. The summed E-state index contributed by atoms with van der Waals surface area (Å²) in [5, 5.41) is 11.4. The highest BCUT2D eigenvalue weighted by Gasteiger charge is 2.27. The molecule has 0 saturated carbocycles. The predicted molar refractivity (Wildman–Crippen MR) is 93.3 cm³/mol. The van der Waals surface area contributed by atoms with Gasteiger partial charge in [0.25, 0.3) is 0 Å². The molecule has 0 radical (unpaired) electrons. The summed E-state index contributed by atoms with van der Waals surface area (Å²) in [6.45, 7) is 5.05. The number of hydrogen-bond acceptors (Lipinski definition) is 5. The van der Waals surface area contributed by atoms with Crippen molar-refractivity contribution in [2.45, 2.75) is 20.8 Å². The number of nitro benzene ring substituents is 1. The van der Waals surface area contributed by atoms with E-state index in [1.807, 2.05) is 24.3 Å². The monoisotopic (exact) mass is 339 g/mol. The van der Waals surface area contributed by atoms with E-state index >= 15 is 0 Å². The van der Waals surface area contributed by atoms with E-state index in [9.17, 15) is 14.9 Å². The average molecular weight is 339 g/mol. The molecule has 0 saturated heterocycles. The van der Waals surface area contributed by atoms with Crippen molar-refractivity contribution in [1.29, 1.82) is 0 Å². The molecule has 128 valence electrons. The maximum absolute atomic E-state index is 12.0. The summed E-state index contributed by atoms with van der Waals surface area (Å²) in [6, 6.07) is 11.9. The second-order valence-corrected chi connectivity index (χ2v) is 6.68. The van der Waals surface area contributed by atoms with Crippen LogP contribution in [0.3, 0.4) is 0 Å². The van der Waals surface area contributed by atoms with Gasteiger partial charge in [0.2, 0.25) is 5.75 Å². The molecule has 0 fully saturated rings. The van der Waals surface area contributed by atoms with Crippen LogP contribution in [0.5, 0.6) is 5.75 Å². The zero-order valence-electron chi connectivity index (χ0n) is 14.1. The third-order valence-corrected chi connectivity index (χ3v) is 3.63. The molecule has 1 aromatic heterocycles. The van der Waals surface area contributed by atoms with Crippen molar-refractivity contribution in [3.8, 4) is 17.1 Å². The lowest BCUT2D eigenvalue weighted by Crippen LogP contribution is -2.25. The number of imidazole rings is 1. The minimum absolute atomic E-state index is 0.0789. The lowest BCUT2D eigenvalue weighted by atomic mass is 9.97. The Kier molecular flexibility index (Phi) is 4.00. The highest BCUT2D eigenvalue weighted by molar-refractivity contribution is 5.81. The lowest BCUT2D eigenvalue weighted by Gasteiger charge is -2.16. The summed E-state index contributed by atoms with van der Waals surface area (Å²) in [7, 11) is 0. The van der Waals surface area contributed by atoms with Crippen molar-refractivity contribution in [1.82, 2.24) is 9.97 Å². The summed E-state index contributed by atoms with van der Waals surface area (Å²) in [4.78, 5) is 30.4. The van der Waals surface area contributed by atoms with Gasteiger partial charge in [-0.15, -0.1) is 0 Å². The normalized spacial score (nSPS) is 11.5. The standard InChI is InChI=1S/C18H17N3O4/c1-18(2,3)17(22)25-15-9-8-11(10-14(15)21(23)24)16-19-12-6-4-5-7-13(12)20-16/h4-10H,1-3H3,(H,19,20). The number of hydrogen-bond donors (Lipinski definition) is 1. The van der Waals surface area contributed by atoms with Crippen molar-refractivity contribution in [3.05, 3.63) is 52.6 Å². The van der Waals surface area contributed by atoms with Gasteiger partial charge in [-0.2, -0.15) is 0 Å². The van der Waals surface area contributed by atoms with Gasteiger partial charge in [-0.05, 0) is 45.0 Å².